The van der Waals surface area contributed by atoms with Crippen molar-refractivity contribution in [1.29, 1.82) is 0 Å². The number of nitrogens with one attached hydrogen (secondary N) is 1. The van der Waals surface area contributed by atoms with Crippen LogP contribution >= 0.6 is 11.6 Å². The van der Waals surface area contributed by atoms with Crippen LogP contribution in [-0.2, 0) is 11.2 Å². The zero-order valence-electron chi connectivity index (χ0n) is 14.6. The van der Waals surface area contributed by atoms with Gasteiger partial charge in [-0.25, -0.2) is 0 Å². The van der Waals surface area contributed by atoms with Gasteiger partial charge in [-0.05, 0) is 48.4 Å². The lowest BCUT2D eigenvalue weighted by molar-refractivity contribution is -0.121. The minimum atomic E-state index is -0.104. The molecule has 1 amide bonds. The molecular weight excluding hydrogens is 336 g/mol. The predicted molar refractivity (Wildman–Crippen MR) is 102 cm³/mol. The highest BCUT2D eigenvalue weighted by molar-refractivity contribution is 6.30. The van der Waals surface area contributed by atoms with Crippen molar-refractivity contribution in [2.75, 3.05) is 25.5 Å². The molecule has 4 nitrogen and oxygen atoms in total. The Morgan fingerprint density at radius 3 is 2.20 bits per heavy atom. The van der Waals surface area contributed by atoms with Gasteiger partial charge < -0.3 is 10.2 Å². The number of hydrogen-bond acceptors (Lipinski definition) is 3. The van der Waals surface area contributed by atoms with Crippen LogP contribution < -0.4 is 10.2 Å². The first-order chi connectivity index (χ1) is 12.0. The van der Waals surface area contributed by atoms with Crippen molar-refractivity contribution in [3.8, 4) is 0 Å². The van der Waals surface area contributed by atoms with Crippen molar-refractivity contribution in [2.45, 2.75) is 19.3 Å². The fraction of sp³-hybridized carbons (Fsp3) is 0.300. The molecule has 0 aliphatic rings. The fourth-order valence-corrected chi connectivity index (χ4v) is 2.53. The molecule has 0 saturated carbocycles. The van der Waals surface area contributed by atoms with Gasteiger partial charge in [-0.15, -0.1) is 0 Å². The normalized spacial score (nSPS) is 10.4. The molecule has 0 bridgehead atoms. The van der Waals surface area contributed by atoms with Gasteiger partial charge in [0.25, 0.3) is 0 Å². The Morgan fingerprint density at radius 1 is 0.960 bits per heavy atom. The molecule has 0 heterocycles. The molecule has 0 radical (unpaired) electrons. The number of nitrogens with zero attached hydrogens (tertiary/aromatic N) is 1. The number of halogens is 1. The van der Waals surface area contributed by atoms with E-state index in [-0.39, 0.29) is 24.5 Å². The van der Waals surface area contributed by atoms with E-state index >= 15 is 0 Å². The smallest absolute Gasteiger partial charge is 0.220 e. The van der Waals surface area contributed by atoms with Crippen molar-refractivity contribution >= 4 is 29.0 Å². The van der Waals surface area contributed by atoms with Gasteiger partial charge in [0.2, 0.25) is 5.91 Å². The van der Waals surface area contributed by atoms with Gasteiger partial charge in [0.15, 0.2) is 5.78 Å². The van der Waals surface area contributed by atoms with E-state index in [1.165, 1.54) is 5.56 Å². The van der Waals surface area contributed by atoms with Crippen molar-refractivity contribution in [3.63, 3.8) is 0 Å². The van der Waals surface area contributed by atoms with Crippen LogP contribution in [0.3, 0.4) is 0 Å². The lowest BCUT2D eigenvalue weighted by atomic mass is 10.1. The molecule has 0 atom stereocenters. The maximum absolute atomic E-state index is 12.0. The van der Waals surface area contributed by atoms with Crippen molar-refractivity contribution in [3.05, 3.63) is 64.7 Å². The second-order valence-electron chi connectivity index (χ2n) is 6.09. The Labute approximate surface area is 153 Å². The molecule has 0 fully saturated rings. The molecule has 0 saturated heterocycles. The van der Waals surface area contributed by atoms with Crippen LogP contribution in [0.1, 0.15) is 28.8 Å². The molecule has 0 aliphatic heterocycles. The third-order valence-electron chi connectivity index (χ3n) is 3.93. The van der Waals surface area contributed by atoms with Crippen molar-refractivity contribution in [2.24, 2.45) is 0 Å². The number of Topliss-reactive ketones (excluding diaryl/α,β-unsaturated/α-hetero) is 1. The average Bonchev–Trinajstić information content (AvgIpc) is 2.60. The van der Waals surface area contributed by atoms with Gasteiger partial charge in [0, 0.05) is 49.8 Å². The molecular formula is C20H23ClN2O2. The zero-order valence-corrected chi connectivity index (χ0v) is 15.3. The summed E-state index contributed by atoms with van der Waals surface area (Å²) in [5.41, 5.74) is 2.90. The lowest BCUT2D eigenvalue weighted by Gasteiger charge is -2.12. The molecule has 0 unspecified atom stereocenters. The summed E-state index contributed by atoms with van der Waals surface area (Å²) in [7, 11) is 4.00. The molecule has 0 spiro atoms. The standard InChI is InChI=1S/C20H23ClN2O2/c1-23(2)18-9-3-15(4-10-18)13-14-22-20(25)12-11-19(24)16-5-7-17(21)8-6-16/h3-10H,11-14H2,1-2H3,(H,22,25). The highest BCUT2D eigenvalue weighted by Crippen LogP contribution is 2.13. The molecule has 2 aromatic carbocycles. The Hall–Kier alpha value is -2.33. The van der Waals surface area contributed by atoms with Crippen LogP contribution in [-0.4, -0.2) is 32.3 Å². The summed E-state index contributed by atoms with van der Waals surface area (Å²) in [5.74, 6) is -0.154. The van der Waals surface area contributed by atoms with Crippen LogP contribution in [0, 0.1) is 0 Å². The molecule has 2 rings (SSSR count). The molecule has 5 heteroatoms. The van der Waals surface area contributed by atoms with E-state index in [0.717, 1.165) is 12.1 Å². The summed E-state index contributed by atoms with van der Waals surface area (Å²) in [5, 5.41) is 3.45. The number of carbonyl (C=O) groups is 2. The van der Waals surface area contributed by atoms with Crippen molar-refractivity contribution < 1.29 is 9.59 Å². The van der Waals surface area contributed by atoms with Gasteiger partial charge in [0.05, 0.1) is 0 Å². The summed E-state index contributed by atoms with van der Waals surface area (Å²) in [6.45, 7) is 0.565. The van der Waals surface area contributed by atoms with Crippen LogP contribution in [0.2, 0.25) is 5.02 Å². The summed E-state index contributed by atoms with van der Waals surface area (Å²) in [6, 6.07) is 15.0. The van der Waals surface area contributed by atoms with Crippen LogP contribution in [0.5, 0.6) is 0 Å². The first kappa shape index (κ1) is 19.0. The van der Waals surface area contributed by atoms with Crippen LogP contribution in [0.25, 0.3) is 0 Å². The minimum Gasteiger partial charge on any atom is -0.378 e. The van der Waals surface area contributed by atoms with Gasteiger partial charge in [-0.2, -0.15) is 0 Å². The largest absolute Gasteiger partial charge is 0.378 e. The molecule has 1 N–H and O–H groups in total. The summed E-state index contributed by atoms with van der Waals surface area (Å²) < 4.78 is 0. The van der Waals surface area contributed by atoms with Gasteiger partial charge in [0.1, 0.15) is 0 Å². The van der Waals surface area contributed by atoms with E-state index in [1.807, 2.05) is 19.0 Å². The van der Waals surface area contributed by atoms with Crippen LogP contribution in [0.4, 0.5) is 5.69 Å². The topological polar surface area (TPSA) is 49.4 Å². The second-order valence-corrected chi connectivity index (χ2v) is 6.53. The highest BCUT2D eigenvalue weighted by atomic mass is 35.5. The Bertz CT molecular complexity index is 709. The summed E-state index contributed by atoms with van der Waals surface area (Å²) >= 11 is 5.80. The number of hydrogen-bond donors (Lipinski definition) is 1. The Morgan fingerprint density at radius 2 is 1.60 bits per heavy atom. The first-order valence-electron chi connectivity index (χ1n) is 8.27. The zero-order chi connectivity index (χ0) is 18.2. The highest BCUT2D eigenvalue weighted by Gasteiger charge is 2.09. The third-order valence-corrected chi connectivity index (χ3v) is 4.19. The summed E-state index contributed by atoms with van der Waals surface area (Å²) in [6.07, 6.45) is 1.16. The third kappa shape index (κ3) is 6.24. The second kappa shape index (κ2) is 9.23. The number of anilines is 1. The first-order valence-corrected chi connectivity index (χ1v) is 8.65. The molecule has 0 aliphatic carbocycles. The van der Waals surface area contributed by atoms with Gasteiger partial charge in [-0.3, -0.25) is 9.59 Å². The van der Waals surface area contributed by atoms with E-state index in [9.17, 15) is 9.59 Å². The van der Waals surface area contributed by atoms with E-state index < -0.39 is 0 Å². The average molecular weight is 359 g/mol. The monoisotopic (exact) mass is 358 g/mol. The number of carbonyl (C=O) groups excluding carboxylic acids is 2. The quantitative estimate of drug-likeness (QED) is 0.731. The van der Waals surface area contributed by atoms with Crippen molar-refractivity contribution in [1.82, 2.24) is 5.32 Å². The summed E-state index contributed by atoms with van der Waals surface area (Å²) in [4.78, 5) is 25.9. The van der Waals surface area contributed by atoms with Gasteiger partial charge >= 0.3 is 0 Å². The Kier molecular flexibility index (Phi) is 7.02. The molecule has 0 aromatic heterocycles. The van der Waals surface area contributed by atoms with E-state index in [4.69, 9.17) is 11.6 Å². The number of ketones is 1. The van der Waals surface area contributed by atoms with E-state index in [0.29, 0.717) is 17.1 Å². The lowest BCUT2D eigenvalue weighted by Crippen LogP contribution is -2.26. The molecule has 25 heavy (non-hydrogen) atoms. The van der Waals surface area contributed by atoms with Gasteiger partial charge in [-0.1, -0.05) is 23.7 Å². The van der Waals surface area contributed by atoms with E-state index in [1.54, 1.807) is 24.3 Å². The maximum atomic E-state index is 12.0. The number of amides is 1. The van der Waals surface area contributed by atoms with E-state index in [2.05, 4.69) is 29.6 Å². The predicted octanol–water partition coefficient (Wildman–Crippen LogP) is 3.73. The number of rotatable bonds is 8. The minimum absolute atomic E-state index is 0.0499. The Balaban J connectivity index is 1.70. The fourth-order valence-electron chi connectivity index (χ4n) is 2.40. The number of benzene rings is 2. The molecule has 2 aromatic rings. The van der Waals surface area contributed by atoms with Crippen LogP contribution in [0.15, 0.2) is 48.5 Å². The SMILES string of the molecule is CN(C)c1ccc(CCNC(=O)CCC(=O)c2ccc(Cl)cc2)cc1. The maximum Gasteiger partial charge on any atom is 0.220 e. The molecule has 132 valence electrons.